The summed E-state index contributed by atoms with van der Waals surface area (Å²) in [7, 11) is -4.51. The van der Waals surface area contributed by atoms with Crippen LogP contribution in [0.2, 0.25) is 5.02 Å². The largest absolute Gasteiger partial charge is 0.456 e. The molecule has 0 bridgehead atoms. The number of nitro groups is 1. The normalized spacial score (nSPS) is 17.8. The molecule has 2 N–H and O–H groups in total. The molecule has 12 nitrogen and oxygen atoms in total. The number of ether oxygens (including phenoxy) is 2. The van der Waals surface area contributed by atoms with Crippen LogP contribution in [0.3, 0.4) is 0 Å². The lowest BCUT2D eigenvalue weighted by Gasteiger charge is -2.39. The second-order valence-corrected chi connectivity index (χ2v) is 18.2. The van der Waals surface area contributed by atoms with Gasteiger partial charge in [-0.05, 0) is 103 Å². The number of carbonyl (C=O) groups excluding carboxylic acids is 1. The highest BCUT2D eigenvalue weighted by molar-refractivity contribution is 7.90. The zero-order valence-electron chi connectivity index (χ0n) is 32.9. The zero-order chi connectivity index (χ0) is 40.9. The van der Waals surface area contributed by atoms with Crippen LogP contribution < -0.4 is 19.7 Å². The first-order valence-corrected chi connectivity index (χ1v) is 21.7. The van der Waals surface area contributed by atoms with Crippen LogP contribution in [0.25, 0.3) is 5.57 Å². The molecular weight excluding hydrogens is 778 g/mol. The third-order valence-electron chi connectivity index (χ3n) is 11.3. The molecule has 7 rings (SSSR count). The molecule has 2 aliphatic heterocycles. The van der Waals surface area contributed by atoms with E-state index in [0.29, 0.717) is 25.5 Å². The van der Waals surface area contributed by atoms with Crippen LogP contribution in [-0.2, 0) is 14.8 Å². The second-order valence-electron chi connectivity index (χ2n) is 16.1. The summed E-state index contributed by atoms with van der Waals surface area (Å²) >= 11 is 6.23. The Hall–Kier alpha value is -4.95. The Morgan fingerprint density at radius 1 is 0.966 bits per heavy atom. The van der Waals surface area contributed by atoms with Crippen molar-refractivity contribution in [2.75, 3.05) is 62.7 Å². The summed E-state index contributed by atoms with van der Waals surface area (Å²) in [4.78, 5) is 29.5. The van der Waals surface area contributed by atoms with Gasteiger partial charge in [0, 0.05) is 75.3 Å². The Labute approximate surface area is 345 Å². The van der Waals surface area contributed by atoms with Crippen molar-refractivity contribution in [1.29, 1.82) is 0 Å². The van der Waals surface area contributed by atoms with Crippen molar-refractivity contribution in [3.63, 3.8) is 0 Å². The molecule has 1 aliphatic carbocycles. The van der Waals surface area contributed by atoms with E-state index in [-0.39, 0.29) is 28.3 Å². The van der Waals surface area contributed by atoms with E-state index in [1.165, 1.54) is 28.8 Å². The first kappa shape index (κ1) is 41.2. The molecule has 2 heterocycles. The number of nitrogens with zero attached hydrogens (tertiary/aromatic N) is 3. The van der Waals surface area contributed by atoms with Crippen molar-refractivity contribution < 1.29 is 27.6 Å². The van der Waals surface area contributed by atoms with Crippen LogP contribution >= 0.6 is 11.6 Å². The number of nitro benzene ring substituents is 1. The van der Waals surface area contributed by atoms with Gasteiger partial charge in [-0.3, -0.25) is 19.8 Å². The standard InChI is InChI=1S/C44H50ClN5O7S/c1-44(2)19-16-33(39(28-44)32-8-10-34(45)11-9-32)30-48-20-22-49(23-21-48)35-12-14-38(42(26-35)57-36-6-4-3-5-7-36)43(51)47-58(54,55)37-13-15-40(41(27-37)50(52)53)46-29-31-17-24-56-25-18-31/h3-15,26-27,31,46H,16-25,28-30H2,1-2H3,(H,47,51). The van der Waals surface area contributed by atoms with E-state index in [9.17, 15) is 23.3 Å². The summed E-state index contributed by atoms with van der Waals surface area (Å²) in [5.41, 5.74) is 5.01. The first-order valence-electron chi connectivity index (χ1n) is 19.8. The number of amides is 1. The van der Waals surface area contributed by atoms with Crippen LogP contribution in [0.1, 0.15) is 61.9 Å². The summed E-state index contributed by atoms with van der Waals surface area (Å²) in [6.07, 6.45) is 4.89. The quantitative estimate of drug-likeness (QED) is 0.0992. The fourth-order valence-electron chi connectivity index (χ4n) is 7.91. The molecule has 3 aliphatic rings. The van der Waals surface area contributed by atoms with Crippen LogP contribution in [0.15, 0.2) is 101 Å². The van der Waals surface area contributed by atoms with Crippen molar-refractivity contribution in [3.8, 4) is 11.5 Å². The molecule has 1 amide bonds. The van der Waals surface area contributed by atoms with Gasteiger partial charge < -0.3 is 19.7 Å². The summed E-state index contributed by atoms with van der Waals surface area (Å²) in [6.45, 7) is 10.5. The fraction of sp³-hybridized carbons (Fsp3) is 0.386. The average molecular weight is 828 g/mol. The predicted octanol–water partition coefficient (Wildman–Crippen LogP) is 8.78. The number of sulfonamides is 1. The minimum absolute atomic E-state index is 0.000880. The molecule has 0 spiro atoms. The predicted molar refractivity (Wildman–Crippen MR) is 227 cm³/mol. The van der Waals surface area contributed by atoms with Crippen molar-refractivity contribution in [1.82, 2.24) is 9.62 Å². The Bertz CT molecular complexity index is 2250. The van der Waals surface area contributed by atoms with Crippen molar-refractivity contribution in [2.24, 2.45) is 11.3 Å². The summed E-state index contributed by atoms with van der Waals surface area (Å²) < 4.78 is 40.8. The monoisotopic (exact) mass is 827 g/mol. The maximum Gasteiger partial charge on any atom is 0.293 e. The average Bonchev–Trinajstić information content (AvgIpc) is 3.21. The molecule has 0 unspecified atom stereocenters. The van der Waals surface area contributed by atoms with E-state index in [0.717, 1.165) is 81.6 Å². The minimum atomic E-state index is -4.51. The van der Waals surface area contributed by atoms with E-state index in [4.69, 9.17) is 21.1 Å². The Kier molecular flexibility index (Phi) is 12.7. The number of benzene rings is 4. The van der Waals surface area contributed by atoms with Gasteiger partial charge in [-0.15, -0.1) is 0 Å². The maximum absolute atomic E-state index is 13.8. The summed E-state index contributed by atoms with van der Waals surface area (Å²) in [5, 5.41) is 15.8. The molecule has 2 fully saturated rings. The van der Waals surface area contributed by atoms with Crippen LogP contribution in [0.4, 0.5) is 17.1 Å². The molecule has 4 aromatic carbocycles. The van der Waals surface area contributed by atoms with Gasteiger partial charge in [0.15, 0.2) is 0 Å². The lowest BCUT2D eigenvalue weighted by atomic mass is 9.72. The van der Waals surface area contributed by atoms with E-state index in [2.05, 4.69) is 45.8 Å². The van der Waals surface area contributed by atoms with Gasteiger partial charge in [0.1, 0.15) is 17.2 Å². The highest BCUT2D eigenvalue weighted by atomic mass is 35.5. The number of nitrogens with one attached hydrogen (secondary N) is 2. The molecule has 58 heavy (non-hydrogen) atoms. The van der Waals surface area contributed by atoms with E-state index in [1.807, 2.05) is 18.2 Å². The lowest BCUT2D eigenvalue weighted by Crippen LogP contribution is -2.47. The van der Waals surface area contributed by atoms with Crippen molar-refractivity contribution >= 4 is 50.2 Å². The van der Waals surface area contributed by atoms with Crippen molar-refractivity contribution in [3.05, 3.63) is 123 Å². The minimum Gasteiger partial charge on any atom is -0.456 e. The van der Waals surface area contributed by atoms with Crippen LogP contribution in [0, 0.1) is 21.4 Å². The van der Waals surface area contributed by atoms with Gasteiger partial charge in [-0.25, -0.2) is 13.1 Å². The topological polar surface area (TPSA) is 143 Å². The van der Waals surface area contributed by atoms with Gasteiger partial charge in [-0.1, -0.05) is 61.4 Å². The third kappa shape index (κ3) is 10.2. The third-order valence-corrected chi connectivity index (χ3v) is 12.9. The number of anilines is 2. The van der Waals surface area contributed by atoms with Crippen molar-refractivity contribution in [2.45, 2.75) is 50.8 Å². The number of hydrogen-bond acceptors (Lipinski definition) is 10. The summed E-state index contributed by atoms with van der Waals surface area (Å²) in [6, 6.07) is 25.8. The van der Waals surface area contributed by atoms with E-state index < -0.39 is 31.4 Å². The Morgan fingerprint density at radius 3 is 2.40 bits per heavy atom. The van der Waals surface area contributed by atoms with Gasteiger partial charge in [0.2, 0.25) is 0 Å². The van der Waals surface area contributed by atoms with Crippen LogP contribution in [-0.4, -0.2) is 76.6 Å². The van der Waals surface area contributed by atoms with Gasteiger partial charge in [0.05, 0.1) is 15.4 Å². The SMILES string of the molecule is CC1(C)CCC(CN2CCN(c3ccc(C(=O)NS(=O)(=O)c4ccc(NCC5CCOCC5)c([N+](=O)[O-])c4)c(Oc4ccccc4)c3)CC2)=C(c2ccc(Cl)cc2)C1. The number of hydrogen-bond donors (Lipinski definition) is 2. The van der Waals surface area contributed by atoms with E-state index in [1.54, 1.807) is 42.5 Å². The molecule has 0 atom stereocenters. The van der Waals surface area contributed by atoms with Gasteiger partial charge in [-0.2, -0.15) is 0 Å². The highest BCUT2D eigenvalue weighted by Gasteiger charge is 2.30. The molecule has 2 saturated heterocycles. The molecule has 0 radical (unpaired) electrons. The molecule has 14 heteroatoms. The van der Waals surface area contributed by atoms with Crippen LogP contribution in [0.5, 0.6) is 11.5 Å². The number of rotatable bonds is 13. The number of halogens is 1. The Morgan fingerprint density at radius 2 is 1.69 bits per heavy atom. The molecule has 4 aromatic rings. The summed E-state index contributed by atoms with van der Waals surface area (Å²) in [5.74, 6) is 0.0136. The number of para-hydroxylation sites is 1. The number of piperazine rings is 1. The lowest BCUT2D eigenvalue weighted by molar-refractivity contribution is -0.384. The van der Waals surface area contributed by atoms with Gasteiger partial charge in [0.25, 0.3) is 21.6 Å². The molecule has 0 saturated carbocycles. The smallest absolute Gasteiger partial charge is 0.293 e. The number of carbonyl (C=O) groups is 1. The highest BCUT2D eigenvalue weighted by Crippen LogP contribution is 2.43. The first-order chi connectivity index (χ1) is 27.8. The Balaban J connectivity index is 1.06. The molecular formula is C44H50ClN5O7S. The fourth-order valence-corrected chi connectivity index (χ4v) is 9.02. The number of allylic oxidation sites excluding steroid dienone is 1. The molecule has 306 valence electrons. The van der Waals surface area contributed by atoms with E-state index >= 15 is 0 Å². The van der Waals surface area contributed by atoms with Gasteiger partial charge >= 0.3 is 0 Å². The zero-order valence-corrected chi connectivity index (χ0v) is 34.5. The molecule has 0 aromatic heterocycles. The second kappa shape index (κ2) is 17.9. The maximum atomic E-state index is 13.8.